The summed E-state index contributed by atoms with van der Waals surface area (Å²) in [7, 11) is 0. The molecule has 22 heavy (non-hydrogen) atoms. The van der Waals surface area contributed by atoms with E-state index in [9.17, 15) is 9.59 Å². The van der Waals surface area contributed by atoms with Crippen molar-refractivity contribution in [3.05, 3.63) is 34.9 Å². The van der Waals surface area contributed by atoms with E-state index in [-0.39, 0.29) is 23.8 Å². The van der Waals surface area contributed by atoms with Crippen molar-refractivity contribution in [2.24, 2.45) is 5.92 Å². The van der Waals surface area contributed by atoms with Gasteiger partial charge >= 0.3 is 0 Å². The van der Waals surface area contributed by atoms with E-state index in [1.165, 1.54) is 6.92 Å². The fraction of sp³-hybridized carbons (Fsp3) is 0.529. The lowest BCUT2D eigenvalue weighted by Crippen LogP contribution is -2.50. The second-order valence-corrected chi connectivity index (χ2v) is 6.38. The largest absolute Gasteiger partial charge is 0.348 e. The SMILES string of the molecule is CC(=O)NC(C(=O)NC(C)c1ccccc1Cl)C1CCCC1. The molecular formula is C17H23ClN2O2. The number of hydrogen-bond acceptors (Lipinski definition) is 2. The van der Waals surface area contributed by atoms with Crippen LogP contribution < -0.4 is 10.6 Å². The van der Waals surface area contributed by atoms with Crippen molar-refractivity contribution >= 4 is 23.4 Å². The molecule has 1 aromatic carbocycles. The average Bonchev–Trinajstić information content (AvgIpc) is 2.98. The average molecular weight is 323 g/mol. The highest BCUT2D eigenvalue weighted by Crippen LogP contribution is 2.29. The van der Waals surface area contributed by atoms with Crippen LogP contribution in [-0.4, -0.2) is 17.9 Å². The number of benzene rings is 1. The molecule has 1 aliphatic rings. The number of nitrogens with one attached hydrogen (secondary N) is 2. The standard InChI is InChI=1S/C17H23ClN2O2/c1-11(14-9-5-6-10-15(14)18)19-17(22)16(20-12(2)21)13-7-3-4-8-13/h5-6,9-11,13,16H,3-4,7-8H2,1-2H3,(H,19,22)(H,20,21). The molecule has 2 amide bonds. The fourth-order valence-corrected chi connectivity index (χ4v) is 3.41. The first-order chi connectivity index (χ1) is 10.5. The molecule has 0 radical (unpaired) electrons. The molecule has 0 aromatic heterocycles. The molecule has 4 nitrogen and oxygen atoms in total. The molecule has 2 N–H and O–H groups in total. The van der Waals surface area contributed by atoms with Crippen LogP contribution in [0.15, 0.2) is 24.3 Å². The number of carbonyl (C=O) groups is 2. The van der Waals surface area contributed by atoms with Crippen LogP contribution in [0.3, 0.4) is 0 Å². The van der Waals surface area contributed by atoms with Crippen LogP contribution in [0.2, 0.25) is 5.02 Å². The Bertz CT molecular complexity index is 541. The quantitative estimate of drug-likeness (QED) is 0.874. The zero-order valence-electron chi connectivity index (χ0n) is 13.1. The molecule has 0 heterocycles. The van der Waals surface area contributed by atoms with Gasteiger partial charge in [0, 0.05) is 11.9 Å². The first kappa shape index (κ1) is 16.8. The zero-order chi connectivity index (χ0) is 16.1. The van der Waals surface area contributed by atoms with Gasteiger partial charge in [0.15, 0.2) is 0 Å². The van der Waals surface area contributed by atoms with E-state index in [0.717, 1.165) is 31.2 Å². The molecule has 1 aliphatic carbocycles. The van der Waals surface area contributed by atoms with E-state index in [4.69, 9.17) is 11.6 Å². The first-order valence-electron chi connectivity index (χ1n) is 7.81. The van der Waals surface area contributed by atoms with E-state index in [1.54, 1.807) is 0 Å². The van der Waals surface area contributed by atoms with Crippen molar-refractivity contribution in [1.29, 1.82) is 0 Å². The molecule has 2 rings (SSSR count). The van der Waals surface area contributed by atoms with Crippen molar-refractivity contribution in [2.75, 3.05) is 0 Å². The Kier molecular flexibility index (Phi) is 5.83. The summed E-state index contributed by atoms with van der Waals surface area (Å²) in [5.74, 6) is -0.0747. The molecule has 0 aliphatic heterocycles. The van der Waals surface area contributed by atoms with Gasteiger partial charge in [-0.25, -0.2) is 0 Å². The van der Waals surface area contributed by atoms with Crippen LogP contribution >= 0.6 is 11.6 Å². The van der Waals surface area contributed by atoms with Gasteiger partial charge in [0.25, 0.3) is 0 Å². The summed E-state index contributed by atoms with van der Waals surface area (Å²) in [6.45, 7) is 3.35. The smallest absolute Gasteiger partial charge is 0.243 e. The molecule has 2 unspecified atom stereocenters. The summed E-state index contributed by atoms with van der Waals surface area (Å²) in [4.78, 5) is 24.0. The molecule has 0 bridgehead atoms. The summed E-state index contributed by atoms with van der Waals surface area (Å²) in [5, 5.41) is 6.42. The zero-order valence-corrected chi connectivity index (χ0v) is 13.8. The van der Waals surface area contributed by atoms with Gasteiger partial charge in [-0.15, -0.1) is 0 Å². The maximum absolute atomic E-state index is 12.6. The van der Waals surface area contributed by atoms with E-state index in [2.05, 4.69) is 10.6 Å². The van der Waals surface area contributed by atoms with E-state index in [0.29, 0.717) is 5.02 Å². The topological polar surface area (TPSA) is 58.2 Å². The third kappa shape index (κ3) is 4.23. The van der Waals surface area contributed by atoms with Crippen molar-refractivity contribution in [3.63, 3.8) is 0 Å². The van der Waals surface area contributed by atoms with Crippen LogP contribution in [0.1, 0.15) is 51.1 Å². The first-order valence-corrected chi connectivity index (χ1v) is 8.18. The Balaban J connectivity index is 2.06. The maximum atomic E-state index is 12.6. The molecule has 1 saturated carbocycles. The number of hydrogen-bond donors (Lipinski definition) is 2. The lowest BCUT2D eigenvalue weighted by Gasteiger charge is -2.25. The highest BCUT2D eigenvalue weighted by Gasteiger charge is 2.32. The second-order valence-electron chi connectivity index (χ2n) is 5.97. The number of rotatable bonds is 5. The summed E-state index contributed by atoms with van der Waals surface area (Å²) >= 11 is 6.17. The van der Waals surface area contributed by atoms with Gasteiger partial charge < -0.3 is 10.6 Å². The van der Waals surface area contributed by atoms with Gasteiger partial charge in [0.05, 0.1) is 6.04 Å². The third-order valence-corrected chi connectivity index (χ3v) is 4.59. The summed E-state index contributed by atoms with van der Waals surface area (Å²) in [6.07, 6.45) is 4.21. The molecule has 1 aromatic rings. The summed E-state index contributed by atoms with van der Waals surface area (Å²) in [5.41, 5.74) is 0.880. The Morgan fingerprint density at radius 2 is 1.82 bits per heavy atom. The van der Waals surface area contributed by atoms with Gasteiger partial charge in [0.1, 0.15) is 6.04 Å². The highest BCUT2D eigenvalue weighted by molar-refractivity contribution is 6.31. The van der Waals surface area contributed by atoms with Gasteiger partial charge in [-0.2, -0.15) is 0 Å². The van der Waals surface area contributed by atoms with E-state index >= 15 is 0 Å². The van der Waals surface area contributed by atoms with Crippen molar-refractivity contribution < 1.29 is 9.59 Å². The van der Waals surface area contributed by atoms with Crippen molar-refractivity contribution in [3.8, 4) is 0 Å². The van der Waals surface area contributed by atoms with Crippen molar-refractivity contribution in [1.82, 2.24) is 10.6 Å². The molecule has 120 valence electrons. The summed E-state index contributed by atoms with van der Waals surface area (Å²) in [6, 6.07) is 6.81. The minimum absolute atomic E-state index is 0.130. The molecule has 0 spiro atoms. The molecule has 2 atom stereocenters. The minimum atomic E-state index is -0.454. The highest BCUT2D eigenvalue weighted by atomic mass is 35.5. The predicted octanol–water partition coefficient (Wildman–Crippen LogP) is 3.21. The van der Waals surface area contributed by atoms with Gasteiger partial charge in [-0.1, -0.05) is 42.6 Å². The Labute approximate surface area is 136 Å². The molecular weight excluding hydrogens is 300 g/mol. The number of amides is 2. The van der Waals surface area contributed by atoms with Crippen LogP contribution in [0.4, 0.5) is 0 Å². The normalized spacial score (nSPS) is 17.8. The molecule has 5 heteroatoms. The van der Waals surface area contributed by atoms with Crippen LogP contribution in [0, 0.1) is 5.92 Å². The van der Waals surface area contributed by atoms with Crippen LogP contribution in [0.5, 0.6) is 0 Å². The summed E-state index contributed by atoms with van der Waals surface area (Å²) < 4.78 is 0. The van der Waals surface area contributed by atoms with Gasteiger partial charge in [0.2, 0.25) is 11.8 Å². The maximum Gasteiger partial charge on any atom is 0.243 e. The molecule has 1 fully saturated rings. The van der Waals surface area contributed by atoms with Gasteiger partial charge in [-0.3, -0.25) is 9.59 Å². The Hall–Kier alpha value is -1.55. The van der Waals surface area contributed by atoms with Crippen molar-refractivity contribution in [2.45, 2.75) is 51.6 Å². The van der Waals surface area contributed by atoms with Crippen LogP contribution in [-0.2, 0) is 9.59 Å². The number of carbonyl (C=O) groups excluding carboxylic acids is 2. The van der Waals surface area contributed by atoms with E-state index in [1.807, 2.05) is 31.2 Å². The molecule has 0 saturated heterocycles. The monoisotopic (exact) mass is 322 g/mol. The Morgan fingerprint density at radius 3 is 2.41 bits per heavy atom. The second kappa shape index (κ2) is 7.63. The minimum Gasteiger partial charge on any atom is -0.348 e. The van der Waals surface area contributed by atoms with Gasteiger partial charge in [-0.05, 0) is 37.3 Å². The lowest BCUT2D eigenvalue weighted by molar-refractivity contribution is -0.129. The third-order valence-electron chi connectivity index (χ3n) is 4.24. The Morgan fingerprint density at radius 1 is 1.18 bits per heavy atom. The number of halogens is 1. The predicted molar refractivity (Wildman–Crippen MR) is 87.6 cm³/mol. The van der Waals surface area contributed by atoms with Crippen LogP contribution in [0.25, 0.3) is 0 Å². The van der Waals surface area contributed by atoms with E-state index < -0.39 is 6.04 Å². The lowest BCUT2D eigenvalue weighted by atomic mass is 9.96. The fourth-order valence-electron chi connectivity index (χ4n) is 3.11.